The van der Waals surface area contributed by atoms with E-state index in [1.165, 1.54) is 49.8 Å². The molecule has 1 N–H and O–H groups in total. The summed E-state index contributed by atoms with van der Waals surface area (Å²) in [7, 11) is 1.97. The lowest BCUT2D eigenvalue weighted by atomic mass is 10.3. The van der Waals surface area contributed by atoms with Gasteiger partial charge < -0.3 is 10.2 Å². The second kappa shape index (κ2) is 7.19. The van der Waals surface area contributed by atoms with Crippen molar-refractivity contribution in [3.63, 3.8) is 0 Å². The van der Waals surface area contributed by atoms with Crippen molar-refractivity contribution in [3.8, 4) is 0 Å². The second-order valence-electron chi connectivity index (χ2n) is 4.88. The number of thiazole rings is 1. The minimum absolute atomic E-state index is 0.884. The monoisotopic (exact) mass is 268 g/mol. The fourth-order valence-electron chi connectivity index (χ4n) is 2.37. The molecule has 0 radical (unpaired) electrons. The van der Waals surface area contributed by atoms with Gasteiger partial charge in [0.1, 0.15) is 5.01 Å². The van der Waals surface area contributed by atoms with Crippen LogP contribution in [0.15, 0.2) is 5.38 Å². The zero-order chi connectivity index (χ0) is 12.8. The summed E-state index contributed by atoms with van der Waals surface area (Å²) >= 11 is 1.76. The molecule has 4 nitrogen and oxygen atoms in total. The number of rotatable bonds is 6. The van der Waals surface area contributed by atoms with E-state index >= 15 is 0 Å². The molecule has 0 bridgehead atoms. The van der Waals surface area contributed by atoms with Gasteiger partial charge in [-0.1, -0.05) is 6.92 Å². The molecule has 18 heavy (non-hydrogen) atoms. The molecule has 1 aliphatic heterocycles. The van der Waals surface area contributed by atoms with Gasteiger partial charge in [0.15, 0.2) is 0 Å². The van der Waals surface area contributed by atoms with E-state index in [1.54, 1.807) is 11.3 Å². The van der Waals surface area contributed by atoms with Crippen LogP contribution in [0.5, 0.6) is 0 Å². The normalized spacial score (nSPS) is 18.3. The lowest BCUT2D eigenvalue weighted by Crippen LogP contribution is -2.46. The molecule has 5 heteroatoms. The Hall–Kier alpha value is -0.490. The molecule has 1 aromatic rings. The van der Waals surface area contributed by atoms with Crippen molar-refractivity contribution >= 4 is 11.3 Å². The Morgan fingerprint density at radius 2 is 2.00 bits per heavy atom. The van der Waals surface area contributed by atoms with Gasteiger partial charge in [0.25, 0.3) is 0 Å². The summed E-state index contributed by atoms with van der Waals surface area (Å²) in [6.45, 7) is 10.2. The van der Waals surface area contributed by atoms with Gasteiger partial charge >= 0.3 is 0 Å². The third-order valence-electron chi connectivity index (χ3n) is 3.32. The summed E-state index contributed by atoms with van der Waals surface area (Å²) in [4.78, 5) is 9.73. The largest absolute Gasteiger partial charge is 0.314 e. The minimum Gasteiger partial charge on any atom is -0.314 e. The molecule has 0 unspecified atom stereocenters. The maximum atomic E-state index is 4.65. The number of nitrogens with one attached hydrogen (secondary N) is 1. The second-order valence-corrected chi connectivity index (χ2v) is 5.82. The predicted octanol–water partition coefficient (Wildman–Crippen LogP) is 1.39. The van der Waals surface area contributed by atoms with Gasteiger partial charge in [-0.3, -0.25) is 4.90 Å². The van der Waals surface area contributed by atoms with Gasteiger partial charge in [-0.25, -0.2) is 4.98 Å². The van der Waals surface area contributed by atoms with Crippen molar-refractivity contribution in [2.45, 2.75) is 26.4 Å². The third kappa shape index (κ3) is 4.02. The summed E-state index contributed by atoms with van der Waals surface area (Å²) in [5, 5.41) is 6.54. The number of hydrogen-bond acceptors (Lipinski definition) is 5. The topological polar surface area (TPSA) is 31.4 Å². The lowest BCUT2D eigenvalue weighted by molar-refractivity contribution is 0.126. The average Bonchev–Trinajstić information content (AvgIpc) is 2.80. The Kier molecular flexibility index (Phi) is 5.56. The van der Waals surface area contributed by atoms with Crippen LogP contribution in [0.3, 0.4) is 0 Å². The van der Waals surface area contributed by atoms with Crippen LogP contribution in [0, 0.1) is 0 Å². The molecule has 0 saturated carbocycles. The highest BCUT2D eigenvalue weighted by Gasteiger charge is 2.16. The van der Waals surface area contributed by atoms with Gasteiger partial charge in [0.05, 0.1) is 5.69 Å². The van der Waals surface area contributed by atoms with Crippen LogP contribution < -0.4 is 5.32 Å². The predicted molar refractivity (Wildman–Crippen MR) is 76.9 cm³/mol. The first kappa shape index (κ1) is 13.9. The van der Waals surface area contributed by atoms with Crippen molar-refractivity contribution in [2.24, 2.45) is 0 Å². The summed E-state index contributed by atoms with van der Waals surface area (Å²) in [6, 6.07) is 0. The van der Waals surface area contributed by atoms with E-state index in [1.807, 2.05) is 7.05 Å². The molecule has 0 aromatic carbocycles. The van der Waals surface area contributed by atoms with E-state index in [0.717, 1.165) is 13.1 Å². The fraction of sp³-hybridized carbons (Fsp3) is 0.769. The molecule has 1 aliphatic rings. The molecule has 1 aromatic heterocycles. The van der Waals surface area contributed by atoms with Crippen molar-refractivity contribution < 1.29 is 0 Å². The Labute approximate surface area is 114 Å². The molecular formula is C13H24N4S. The zero-order valence-corrected chi connectivity index (χ0v) is 12.3. The van der Waals surface area contributed by atoms with Gasteiger partial charge in [-0.15, -0.1) is 11.3 Å². The highest BCUT2D eigenvalue weighted by atomic mass is 32.1. The molecule has 1 saturated heterocycles. The van der Waals surface area contributed by atoms with E-state index in [9.17, 15) is 0 Å². The third-order valence-corrected chi connectivity index (χ3v) is 4.22. The van der Waals surface area contributed by atoms with Crippen molar-refractivity contribution in [1.29, 1.82) is 0 Å². The SMILES string of the molecule is CCCN1CCN(Cc2csc(CNC)n2)CC1. The maximum Gasteiger partial charge on any atom is 0.107 e. The van der Waals surface area contributed by atoms with Crippen LogP contribution >= 0.6 is 11.3 Å². The van der Waals surface area contributed by atoms with Crippen LogP contribution in [-0.4, -0.2) is 54.6 Å². The van der Waals surface area contributed by atoms with E-state index in [2.05, 4.69) is 32.4 Å². The van der Waals surface area contributed by atoms with Crippen molar-refractivity contribution in [3.05, 3.63) is 16.1 Å². The molecule has 102 valence electrons. The number of aromatic nitrogens is 1. The zero-order valence-electron chi connectivity index (χ0n) is 11.5. The smallest absolute Gasteiger partial charge is 0.107 e. The van der Waals surface area contributed by atoms with Crippen molar-refractivity contribution in [1.82, 2.24) is 20.1 Å². The Morgan fingerprint density at radius 3 is 2.67 bits per heavy atom. The van der Waals surface area contributed by atoms with E-state index in [-0.39, 0.29) is 0 Å². The van der Waals surface area contributed by atoms with Gasteiger partial charge in [0.2, 0.25) is 0 Å². The first-order valence-electron chi connectivity index (χ1n) is 6.84. The first-order chi connectivity index (χ1) is 8.81. The number of hydrogen-bond donors (Lipinski definition) is 1. The van der Waals surface area contributed by atoms with E-state index in [4.69, 9.17) is 0 Å². The molecular weight excluding hydrogens is 244 g/mol. The number of nitrogens with zero attached hydrogens (tertiary/aromatic N) is 3. The summed E-state index contributed by atoms with van der Waals surface area (Å²) in [5.74, 6) is 0. The Balaban J connectivity index is 1.76. The van der Waals surface area contributed by atoms with Crippen LogP contribution in [0.4, 0.5) is 0 Å². The number of piperazine rings is 1. The van der Waals surface area contributed by atoms with Crippen LogP contribution in [0.2, 0.25) is 0 Å². The van der Waals surface area contributed by atoms with Gasteiger partial charge in [0, 0.05) is 44.6 Å². The molecule has 0 aliphatic carbocycles. The molecule has 2 rings (SSSR count). The molecule has 2 heterocycles. The van der Waals surface area contributed by atoms with Crippen LogP contribution in [-0.2, 0) is 13.1 Å². The van der Waals surface area contributed by atoms with Crippen LogP contribution in [0.25, 0.3) is 0 Å². The molecule has 0 amide bonds. The average molecular weight is 268 g/mol. The fourth-order valence-corrected chi connectivity index (χ4v) is 3.17. The van der Waals surface area contributed by atoms with Crippen molar-refractivity contribution in [2.75, 3.05) is 39.8 Å². The lowest BCUT2D eigenvalue weighted by Gasteiger charge is -2.34. The van der Waals surface area contributed by atoms with Gasteiger partial charge in [-0.2, -0.15) is 0 Å². The van der Waals surface area contributed by atoms with Crippen LogP contribution in [0.1, 0.15) is 24.0 Å². The summed E-state index contributed by atoms with van der Waals surface area (Å²) in [6.07, 6.45) is 1.26. The Morgan fingerprint density at radius 1 is 1.28 bits per heavy atom. The summed E-state index contributed by atoms with van der Waals surface area (Å²) < 4.78 is 0. The highest BCUT2D eigenvalue weighted by molar-refractivity contribution is 7.09. The van der Waals surface area contributed by atoms with E-state index in [0.29, 0.717) is 0 Å². The maximum absolute atomic E-state index is 4.65. The molecule has 1 fully saturated rings. The van der Waals surface area contributed by atoms with E-state index < -0.39 is 0 Å². The molecule has 0 spiro atoms. The first-order valence-corrected chi connectivity index (χ1v) is 7.72. The Bertz CT molecular complexity index is 345. The standard InChI is InChI=1S/C13H24N4S/c1-3-4-16-5-7-17(8-6-16)10-12-11-18-13(15-12)9-14-2/h11,14H,3-10H2,1-2H3. The highest BCUT2D eigenvalue weighted by Crippen LogP contribution is 2.13. The quantitative estimate of drug-likeness (QED) is 0.845. The minimum atomic E-state index is 0.884. The summed E-state index contributed by atoms with van der Waals surface area (Å²) in [5.41, 5.74) is 1.23. The van der Waals surface area contributed by atoms with Gasteiger partial charge in [-0.05, 0) is 20.0 Å². The molecule has 0 atom stereocenters.